The molecular weight excluding hydrogens is 252 g/mol. The van der Waals surface area contributed by atoms with E-state index in [1.54, 1.807) is 0 Å². The molecule has 5 heteroatoms. The van der Waals surface area contributed by atoms with Crippen LogP contribution in [0.2, 0.25) is 0 Å². The number of piperidine rings is 1. The van der Waals surface area contributed by atoms with Crippen molar-refractivity contribution in [3.8, 4) is 0 Å². The number of rotatable bonds is 3. The molecule has 0 radical (unpaired) electrons. The normalized spacial score (nSPS) is 17.6. The zero-order chi connectivity index (χ0) is 12.3. The van der Waals surface area contributed by atoms with E-state index in [4.69, 9.17) is 5.73 Å². The first-order chi connectivity index (χ1) is 8.17. The molecule has 0 bridgehead atoms. The third-order valence-electron chi connectivity index (χ3n) is 3.44. The molecule has 1 heterocycles. The van der Waals surface area contributed by atoms with E-state index in [1.807, 2.05) is 30.3 Å². The van der Waals surface area contributed by atoms with Gasteiger partial charge in [-0.2, -0.15) is 0 Å². The molecule has 3 N–H and O–H groups in total. The number of primary amides is 1. The smallest absolute Gasteiger partial charge is 0.285 e. The highest BCUT2D eigenvalue weighted by Gasteiger charge is 2.43. The minimum Gasteiger partial charge on any atom is -0.363 e. The number of carbonyl (C=O) groups is 2. The number of halogens is 1. The van der Waals surface area contributed by atoms with Gasteiger partial charge in [0.2, 0.25) is 5.78 Å². The fraction of sp³-hybridized carbons (Fsp3) is 0.385. The molecule has 0 saturated carbocycles. The van der Waals surface area contributed by atoms with E-state index in [0.29, 0.717) is 12.8 Å². The van der Waals surface area contributed by atoms with Gasteiger partial charge < -0.3 is 11.1 Å². The van der Waals surface area contributed by atoms with Crippen LogP contribution in [0, 0.1) is 0 Å². The van der Waals surface area contributed by atoms with Gasteiger partial charge in [0.1, 0.15) is 0 Å². The van der Waals surface area contributed by atoms with Gasteiger partial charge in [-0.3, -0.25) is 9.59 Å². The van der Waals surface area contributed by atoms with Crippen molar-refractivity contribution in [2.75, 3.05) is 13.1 Å². The summed E-state index contributed by atoms with van der Waals surface area (Å²) >= 11 is 0. The van der Waals surface area contributed by atoms with Gasteiger partial charge in [0.25, 0.3) is 5.91 Å². The fourth-order valence-electron chi connectivity index (χ4n) is 2.49. The van der Waals surface area contributed by atoms with Crippen LogP contribution in [0.3, 0.4) is 0 Å². The van der Waals surface area contributed by atoms with Gasteiger partial charge >= 0.3 is 0 Å². The van der Waals surface area contributed by atoms with Gasteiger partial charge in [0.15, 0.2) is 0 Å². The monoisotopic (exact) mass is 268 g/mol. The lowest BCUT2D eigenvalue weighted by Gasteiger charge is -2.35. The molecule has 0 atom stereocenters. The lowest BCUT2D eigenvalue weighted by molar-refractivity contribution is -0.140. The molecule has 98 valence electrons. The Balaban J connectivity index is 0.00000162. The molecule has 18 heavy (non-hydrogen) atoms. The summed E-state index contributed by atoms with van der Waals surface area (Å²) < 4.78 is 0. The molecule has 1 fully saturated rings. The summed E-state index contributed by atoms with van der Waals surface area (Å²) in [5, 5.41) is 3.20. The molecule has 2 rings (SSSR count). The molecule has 0 aromatic heterocycles. The van der Waals surface area contributed by atoms with Crippen molar-refractivity contribution in [2.24, 2.45) is 5.73 Å². The standard InChI is InChI=1S/C13H16N2O2.ClH/c14-12(17)11(16)13(6-8-15-9-7-13)10-4-2-1-3-5-10;/h1-5,15H,6-9H2,(H2,14,17);1H. The Bertz CT molecular complexity index is 428. The molecule has 1 aromatic carbocycles. The minimum absolute atomic E-state index is 0. The molecule has 4 nitrogen and oxygen atoms in total. The zero-order valence-electron chi connectivity index (χ0n) is 10.0. The predicted molar refractivity (Wildman–Crippen MR) is 71.7 cm³/mol. The topological polar surface area (TPSA) is 72.2 Å². The van der Waals surface area contributed by atoms with E-state index in [0.717, 1.165) is 18.7 Å². The molecule has 0 spiro atoms. The Morgan fingerprint density at radius 2 is 1.67 bits per heavy atom. The van der Waals surface area contributed by atoms with Crippen LogP contribution in [-0.4, -0.2) is 24.8 Å². The average molecular weight is 269 g/mol. The number of hydrogen-bond donors (Lipinski definition) is 2. The first-order valence-corrected chi connectivity index (χ1v) is 5.77. The van der Waals surface area contributed by atoms with Gasteiger partial charge in [-0.05, 0) is 31.5 Å². The lowest BCUT2D eigenvalue weighted by Crippen LogP contribution is -2.50. The minimum atomic E-state index is -0.837. The second-order valence-corrected chi connectivity index (χ2v) is 4.39. The Morgan fingerprint density at radius 3 is 2.17 bits per heavy atom. The van der Waals surface area contributed by atoms with Crippen LogP contribution in [0.5, 0.6) is 0 Å². The van der Waals surface area contributed by atoms with Gasteiger partial charge in [-0.1, -0.05) is 30.3 Å². The first-order valence-electron chi connectivity index (χ1n) is 5.77. The zero-order valence-corrected chi connectivity index (χ0v) is 10.8. The average Bonchev–Trinajstić information content (AvgIpc) is 2.39. The Labute approximate surface area is 112 Å². The lowest BCUT2D eigenvalue weighted by atomic mass is 9.70. The van der Waals surface area contributed by atoms with Crippen molar-refractivity contribution >= 4 is 24.1 Å². The molecule has 1 aromatic rings. The highest BCUT2D eigenvalue weighted by Crippen LogP contribution is 2.34. The molecule has 1 aliphatic heterocycles. The van der Waals surface area contributed by atoms with Crippen LogP contribution < -0.4 is 11.1 Å². The highest BCUT2D eigenvalue weighted by atomic mass is 35.5. The van der Waals surface area contributed by atoms with Crippen LogP contribution in [0.1, 0.15) is 18.4 Å². The number of benzene rings is 1. The fourth-order valence-corrected chi connectivity index (χ4v) is 2.49. The van der Waals surface area contributed by atoms with Crippen molar-refractivity contribution in [1.82, 2.24) is 5.32 Å². The summed E-state index contributed by atoms with van der Waals surface area (Å²) in [5.74, 6) is -1.30. The Hall–Kier alpha value is -1.39. The van der Waals surface area contributed by atoms with Crippen LogP contribution in [-0.2, 0) is 15.0 Å². The predicted octanol–water partition coefficient (Wildman–Crippen LogP) is 0.784. The molecule has 1 saturated heterocycles. The second kappa shape index (κ2) is 5.98. The SMILES string of the molecule is Cl.NC(=O)C(=O)C1(c2ccccc2)CCNCC1. The summed E-state index contributed by atoms with van der Waals surface area (Å²) in [6.45, 7) is 1.46. The van der Waals surface area contributed by atoms with Gasteiger partial charge in [0.05, 0.1) is 5.41 Å². The molecule has 0 unspecified atom stereocenters. The van der Waals surface area contributed by atoms with E-state index in [9.17, 15) is 9.59 Å². The van der Waals surface area contributed by atoms with E-state index in [2.05, 4.69) is 5.32 Å². The van der Waals surface area contributed by atoms with Crippen LogP contribution in [0.15, 0.2) is 30.3 Å². The molecule has 1 aliphatic rings. The van der Waals surface area contributed by atoms with E-state index in [-0.39, 0.29) is 12.4 Å². The molecular formula is C13H17ClN2O2. The Kier molecular flexibility index (Phi) is 4.87. The largest absolute Gasteiger partial charge is 0.363 e. The van der Waals surface area contributed by atoms with Crippen molar-refractivity contribution < 1.29 is 9.59 Å². The van der Waals surface area contributed by atoms with Crippen molar-refractivity contribution in [3.63, 3.8) is 0 Å². The van der Waals surface area contributed by atoms with Crippen molar-refractivity contribution in [3.05, 3.63) is 35.9 Å². The maximum absolute atomic E-state index is 12.1. The van der Waals surface area contributed by atoms with Gasteiger partial charge in [-0.15, -0.1) is 12.4 Å². The number of nitrogens with one attached hydrogen (secondary N) is 1. The van der Waals surface area contributed by atoms with E-state index < -0.39 is 17.1 Å². The first kappa shape index (κ1) is 14.7. The molecule has 1 amide bonds. The maximum Gasteiger partial charge on any atom is 0.285 e. The van der Waals surface area contributed by atoms with Crippen molar-refractivity contribution in [2.45, 2.75) is 18.3 Å². The quantitative estimate of drug-likeness (QED) is 0.796. The van der Waals surface area contributed by atoms with Crippen molar-refractivity contribution in [1.29, 1.82) is 0 Å². The number of amides is 1. The summed E-state index contributed by atoms with van der Waals surface area (Å²) in [7, 11) is 0. The maximum atomic E-state index is 12.1. The number of nitrogens with two attached hydrogens (primary N) is 1. The van der Waals surface area contributed by atoms with Crippen LogP contribution >= 0.6 is 12.4 Å². The summed E-state index contributed by atoms with van der Waals surface area (Å²) in [4.78, 5) is 23.3. The van der Waals surface area contributed by atoms with E-state index in [1.165, 1.54) is 0 Å². The summed E-state index contributed by atoms with van der Waals surface area (Å²) in [6.07, 6.45) is 1.25. The van der Waals surface area contributed by atoms with Crippen LogP contribution in [0.25, 0.3) is 0 Å². The second-order valence-electron chi connectivity index (χ2n) is 4.39. The third kappa shape index (κ3) is 2.54. The number of ketones is 1. The number of carbonyl (C=O) groups excluding carboxylic acids is 2. The summed E-state index contributed by atoms with van der Waals surface area (Å²) in [6, 6.07) is 9.45. The summed E-state index contributed by atoms with van der Waals surface area (Å²) in [5.41, 5.74) is 5.35. The van der Waals surface area contributed by atoms with E-state index >= 15 is 0 Å². The van der Waals surface area contributed by atoms with Crippen LogP contribution in [0.4, 0.5) is 0 Å². The van der Waals surface area contributed by atoms with Gasteiger partial charge in [-0.25, -0.2) is 0 Å². The number of Topliss-reactive ketones (excluding diaryl/α,β-unsaturated/α-hetero) is 1. The number of hydrogen-bond acceptors (Lipinski definition) is 3. The third-order valence-corrected chi connectivity index (χ3v) is 3.44. The highest BCUT2D eigenvalue weighted by molar-refractivity contribution is 6.39. The molecule has 0 aliphatic carbocycles. The van der Waals surface area contributed by atoms with Gasteiger partial charge in [0, 0.05) is 0 Å². The Morgan fingerprint density at radius 1 is 1.11 bits per heavy atom.